The number of nitrogen functional groups attached to an aromatic ring is 1. The summed E-state index contributed by atoms with van der Waals surface area (Å²) in [5.74, 6) is 0.0560. The van der Waals surface area contributed by atoms with E-state index in [2.05, 4.69) is 10.6 Å². The van der Waals surface area contributed by atoms with Gasteiger partial charge in [-0.1, -0.05) is 0 Å². The van der Waals surface area contributed by atoms with Crippen molar-refractivity contribution in [1.29, 1.82) is 0 Å². The van der Waals surface area contributed by atoms with E-state index in [1.165, 1.54) is 0 Å². The Morgan fingerprint density at radius 2 is 2.16 bits per heavy atom. The summed E-state index contributed by atoms with van der Waals surface area (Å²) in [4.78, 5) is 11.4. The molecule has 0 fully saturated rings. The van der Waals surface area contributed by atoms with E-state index in [0.717, 1.165) is 23.4 Å². The van der Waals surface area contributed by atoms with Crippen molar-refractivity contribution in [2.75, 3.05) is 30.0 Å². The van der Waals surface area contributed by atoms with Crippen LogP contribution in [0, 0.1) is 0 Å². The molecule has 0 spiro atoms. The molecule has 1 aromatic carbocycles. The van der Waals surface area contributed by atoms with E-state index in [0.29, 0.717) is 18.7 Å². The van der Waals surface area contributed by atoms with Crippen LogP contribution in [0.3, 0.4) is 0 Å². The van der Waals surface area contributed by atoms with Crippen LogP contribution in [0.1, 0.15) is 25.8 Å². The van der Waals surface area contributed by atoms with E-state index in [-0.39, 0.29) is 11.5 Å². The Balaban J connectivity index is 2.18. The number of hydrogen-bond donors (Lipinski definition) is 3. The van der Waals surface area contributed by atoms with Gasteiger partial charge >= 0.3 is 0 Å². The molecule has 0 aromatic heterocycles. The number of anilines is 3. The SMILES string of the molecule is COC(C)(C)CNc1cc2c(cc1N)CCC(=O)N2. The molecule has 104 valence electrons. The second-order valence-electron chi connectivity index (χ2n) is 5.46. The van der Waals surface area contributed by atoms with Gasteiger partial charge in [-0.05, 0) is 38.0 Å². The van der Waals surface area contributed by atoms with E-state index in [9.17, 15) is 4.79 Å². The normalized spacial score (nSPS) is 14.8. The van der Waals surface area contributed by atoms with Crippen LogP contribution in [-0.4, -0.2) is 25.2 Å². The van der Waals surface area contributed by atoms with Crippen molar-refractivity contribution in [2.45, 2.75) is 32.3 Å². The molecule has 1 amide bonds. The number of carbonyl (C=O) groups excluding carboxylic acids is 1. The molecular formula is C14H21N3O2. The number of hydrogen-bond acceptors (Lipinski definition) is 4. The number of methoxy groups -OCH3 is 1. The minimum absolute atomic E-state index is 0.0560. The third-order valence-electron chi connectivity index (χ3n) is 3.43. The lowest BCUT2D eigenvalue weighted by Crippen LogP contribution is -2.32. The Labute approximate surface area is 113 Å². The lowest BCUT2D eigenvalue weighted by Gasteiger charge is -2.25. The molecule has 1 heterocycles. The topological polar surface area (TPSA) is 76.4 Å². The first-order valence-corrected chi connectivity index (χ1v) is 6.42. The van der Waals surface area contributed by atoms with Gasteiger partial charge in [0.25, 0.3) is 0 Å². The lowest BCUT2D eigenvalue weighted by molar-refractivity contribution is -0.116. The average Bonchev–Trinajstić information content (AvgIpc) is 2.37. The highest BCUT2D eigenvalue weighted by Gasteiger charge is 2.19. The van der Waals surface area contributed by atoms with Crippen molar-refractivity contribution in [3.63, 3.8) is 0 Å². The number of carbonyl (C=O) groups is 1. The molecule has 5 nitrogen and oxygen atoms in total. The number of aryl methyl sites for hydroxylation is 1. The van der Waals surface area contributed by atoms with E-state index >= 15 is 0 Å². The van der Waals surface area contributed by atoms with Gasteiger partial charge in [0.15, 0.2) is 0 Å². The van der Waals surface area contributed by atoms with Crippen LogP contribution in [0.15, 0.2) is 12.1 Å². The van der Waals surface area contributed by atoms with Gasteiger partial charge in [0.2, 0.25) is 5.91 Å². The van der Waals surface area contributed by atoms with Crippen LogP contribution in [0.25, 0.3) is 0 Å². The standard InChI is InChI=1S/C14H21N3O2/c1-14(2,19-3)8-16-12-7-11-9(6-10(12)15)4-5-13(18)17-11/h6-7,16H,4-5,8,15H2,1-3H3,(H,17,18). The van der Waals surface area contributed by atoms with Crippen molar-refractivity contribution in [3.05, 3.63) is 17.7 Å². The second kappa shape index (κ2) is 5.09. The zero-order valence-corrected chi connectivity index (χ0v) is 11.7. The van der Waals surface area contributed by atoms with Gasteiger partial charge in [0.05, 0.1) is 17.0 Å². The molecular weight excluding hydrogens is 242 g/mol. The Morgan fingerprint density at radius 1 is 1.42 bits per heavy atom. The zero-order chi connectivity index (χ0) is 14.0. The van der Waals surface area contributed by atoms with Crippen LogP contribution < -0.4 is 16.4 Å². The quantitative estimate of drug-likeness (QED) is 0.726. The van der Waals surface area contributed by atoms with E-state index in [4.69, 9.17) is 10.5 Å². The summed E-state index contributed by atoms with van der Waals surface area (Å²) in [6.45, 7) is 4.63. The van der Waals surface area contributed by atoms with Crippen LogP contribution in [0.4, 0.5) is 17.1 Å². The van der Waals surface area contributed by atoms with Crippen LogP contribution >= 0.6 is 0 Å². The summed E-state index contributed by atoms with van der Waals surface area (Å²) < 4.78 is 5.36. The highest BCUT2D eigenvalue weighted by molar-refractivity contribution is 5.95. The summed E-state index contributed by atoms with van der Waals surface area (Å²) >= 11 is 0. The number of nitrogens with one attached hydrogen (secondary N) is 2. The lowest BCUT2D eigenvalue weighted by atomic mass is 10.0. The van der Waals surface area contributed by atoms with Crippen LogP contribution in [0.2, 0.25) is 0 Å². The molecule has 5 heteroatoms. The molecule has 0 unspecified atom stereocenters. The van der Waals surface area contributed by atoms with Gasteiger partial charge in [-0.3, -0.25) is 4.79 Å². The summed E-state index contributed by atoms with van der Waals surface area (Å²) in [5, 5.41) is 6.14. The van der Waals surface area contributed by atoms with Crippen molar-refractivity contribution in [1.82, 2.24) is 0 Å². The van der Waals surface area contributed by atoms with Gasteiger partial charge in [0.1, 0.15) is 0 Å². The summed E-state index contributed by atoms with van der Waals surface area (Å²) in [5.41, 5.74) is 9.22. The number of ether oxygens (including phenoxy) is 1. The van der Waals surface area contributed by atoms with Crippen molar-refractivity contribution >= 4 is 23.0 Å². The fourth-order valence-corrected chi connectivity index (χ4v) is 1.98. The van der Waals surface area contributed by atoms with Gasteiger partial charge in [-0.2, -0.15) is 0 Å². The molecule has 19 heavy (non-hydrogen) atoms. The van der Waals surface area contributed by atoms with Gasteiger partial charge in [-0.15, -0.1) is 0 Å². The van der Waals surface area contributed by atoms with Crippen LogP contribution in [0.5, 0.6) is 0 Å². The molecule has 0 bridgehead atoms. The molecule has 0 atom stereocenters. The van der Waals surface area contributed by atoms with Crippen molar-refractivity contribution in [2.24, 2.45) is 0 Å². The number of amides is 1. The third-order valence-corrected chi connectivity index (χ3v) is 3.43. The first-order valence-electron chi connectivity index (χ1n) is 6.42. The average molecular weight is 263 g/mol. The van der Waals surface area contributed by atoms with Gasteiger partial charge in [0, 0.05) is 25.8 Å². The monoisotopic (exact) mass is 263 g/mol. The van der Waals surface area contributed by atoms with Crippen LogP contribution in [-0.2, 0) is 16.0 Å². The molecule has 2 rings (SSSR count). The summed E-state index contributed by atoms with van der Waals surface area (Å²) in [6, 6.07) is 3.82. The Morgan fingerprint density at radius 3 is 2.84 bits per heavy atom. The number of fused-ring (bicyclic) bond motifs is 1. The molecule has 1 aliphatic rings. The minimum atomic E-state index is -0.272. The first-order chi connectivity index (χ1) is 8.91. The molecule has 0 saturated heterocycles. The van der Waals surface area contributed by atoms with E-state index < -0.39 is 0 Å². The maximum atomic E-state index is 11.4. The molecule has 1 aliphatic heterocycles. The van der Waals surface area contributed by atoms with Crippen molar-refractivity contribution < 1.29 is 9.53 Å². The maximum absolute atomic E-state index is 11.4. The molecule has 1 aromatic rings. The summed E-state index contributed by atoms with van der Waals surface area (Å²) in [6.07, 6.45) is 1.27. The second-order valence-corrected chi connectivity index (χ2v) is 5.46. The highest BCUT2D eigenvalue weighted by atomic mass is 16.5. The minimum Gasteiger partial charge on any atom is -0.397 e. The molecule has 0 saturated carbocycles. The summed E-state index contributed by atoms with van der Waals surface area (Å²) in [7, 11) is 1.68. The van der Waals surface area contributed by atoms with Crippen molar-refractivity contribution in [3.8, 4) is 0 Å². The van der Waals surface area contributed by atoms with E-state index in [1.807, 2.05) is 26.0 Å². The number of nitrogens with two attached hydrogens (primary N) is 1. The van der Waals surface area contributed by atoms with E-state index in [1.54, 1.807) is 7.11 Å². The van der Waals surface area contributed by atoms with Gasteiger partial charge < -0.3 is 21.1 Å². The Bertz CT molecular complexity index is 498. The number of benzene rings is 1. The predicted octanol–water partition coefficient (Wildman–Crippen LogP) is 1.99. The highest BCUT2D eigenvalue weighted by Crippen LogP contribution is 2.31. The maximum Gasteiger partial charge on any atom is 0.224 e. The van der Waals surface area contributed by atoms with Gasteiger partial charge in [-0.25, -0.2) is 0 Å². The predicted molar refractivity (Wildman–Crippen MR) is 77.4 cm³/mol. The molecule has 0 aliphatic carbocycles. The fourth-order valence-electron chi connectivity index (χ4n) is 1.98. The Kier molecular flexibility index (Phi) is 3.66. The molecule has 0 radical (unpaired) electrons. The Hall–Kier alpha value is -1.75. The molecule has 4 N–H and O–H groups in total. The smallest absolute Gasteiger partial charge is 0.224 e. The third kappa shape index (κ3) is 3.17. The fraction of sp³-hybridized carbons (Fsp3) is 0.500. The first kappa shape index (κ1) is 13.7. The zero-order valence-electron chi connectivity index (χ0n) is 11.7. The number of rotatable bonds is 4. The largest absolute Gasteiger partial charge is 0.397 e.